The number of unbranched alkanes of at least 4 members (excludes halogenated alkanes) is 1. The Morgan fingerprint density at radius 3 is 2.44 bits per heavy atom. The van der Waals surface area contributed by atoms with Crippen molar-refractivity contribution >= 4 is 26.7 Å². The molecular weight excluding hydrogens is 376 g/mol. The predicted octanol–water partition coefficient (Wildman–Crippen LogP) is 6.91. The lowest BCUT2D eigenvalue weighted by molar-refractivity contribution is 0.192. The summed E-state index contributed by atoms with van der Waals surface area (Å²) in [5.41, 5.74) is 1.28. The summed E-state index contributed by atoms with van der Waals surface area (Å²) >= 11 is 3.76. The highest BCUT2D eigenvalue weighted by Gasteiger charge is 2.19. The van der Waals surface area contributed by atoms with Crippen LogP contribution < -0.4 is 9.47 Å². The first kappa shape index (κ1) is 20.1. The number of hydrogen-bond donors (Lipinski definition) is 0. The molecule has 0 saturated heterocycles. The monoisotopic (exact) mass is 406 g/mol. The number of alkyl halides is 1. The van der Waals surface area contributed by atoms with Crippen LogP contribution in [0.15, 0.2) is 30.3 Å². The van der Waals surface area contributed by atoms with Crippen LogP contribution in [0, 0.1) is 0 Å². The highest BCUT2D eigenvalue weighted by Crippen LogP contribution is 2.33. The maximum atomic E-state index is 6.38. The third-order valence-corrected chi connectivity index (χ3v) is 5.89. The van der Waals surface area contributed by atoms with Crippen LogP contribution in [0.4, 0.5) is 0 Å². The summed E-state index contributed by atoms with van der Waals surface area (Å²) in [5, 5.41) is 2.48. The Bertz CT molecular complexity index is 668. The third-order valence-electron chi connectivity index (χ3n) is 4.65. The van der Waals surface area contributed by atoms with Gasteiger partial charge in [-0.3, -0.25) is 0 Å². The summed E-state index contributed by atoms with van der Waals surface area (Å²) in [6, 6.07) is 10.7. The van der Waals surface area contributed by atoms with Gasteiger partial charge in [-0.15, -0.1) is 0 Å². The van der Waals surface area contributed by atoms with Crippen LogP contribution in [0.2, 0.25) is 0 Å². The standard InChI is InChI=1S/C22H31BrO2/c1-5-9-14-24-17-11-12-19-16(15-17)10-13-22(18(19)6-2)25-21(8-4)20(23)7-3/h10-13,15,20-21H,5-9,14H2,1-4H3. The largest absolute Gasteiger partial charge is 0.494 e. The van der Waals surface area contributed by atoms with Crippen molar-refractivity contribution in [3.63, 3.8) is 0 Å². The molecule has 0 amide bonds. The van der Waals surface area contributed by atoms with E-state index in [1.54, 1.807) is 0 Å². The van der Waals surface area contributed by atoms with Crippen molar-refractivity contribution in [1.29, 1.82) is 0 Å². The number of benzene rings is 2. The Labute approximate surface area is 161 Å². The van der Waals surface area contributed by atoms with Gasteiger partial charge in [-0.1, -0.05) is 62.2 Å². The van der Waals surface area contributed by atoms with E-state index in [1.807, 2.05) is 0 Å². The normalized spacial score (nSPS) is 13.6. The lowest BCUT2D eigenvalue weighted by Crippen LogP contribution is -2.26. The van der Waals surface area contributed by atoms with Crippen molar-refractivity contribution in [1.82, 2.24) is 0 Å². The summed E-state index contributed by atoms with van der Waals surface area (Å²) in [5.74, 6) is 1.97. The molecule has 0 spiro atoms. The Morgan fingerprint density at radius 2 is 1.80 bits per heavy atom. The van der Waals surface area contributed by atoms with E-state index in [0.717, 1.165) is 50.2 Å². The molecule has 0 radical (unpaired) electrons. The topological polar surface area (TPSA) is 18.5 Å². The molecule has 0 N–H and O–H groups in total. The van der Waals surface area contributed by atoms with Crippen LogP contribution in [-0.2, 0) is 6.42 Å². The molecule has 3 heteroatoms. The Balaban J connectivity index is 2.29. The van der Waals surface area contributed by atoms with Gasteiger partial charge < -0.3 is 9.47 Å². The SMILES string of the molecule is CCCCOc1ccc2c(CC)c(OC(CC)C(Br)CC)ccc2c1. The molecule has 2 rings (SSSR count). The number of rotatable bonds is 10. The third kappa shape index (κ3) is 5.13. The molecule has 0 aliphatic carbocycles. The Morgan fingerprint density at radius 1 is 1.00 bits per heavy atom. The highest BCUT2D eigenvalue weighted by atomic mass is 79.9. The van der Waals surface area contributed by atoms with E-state index >= 15 is 0 Å². The molecule has 0 bridgehead atoms. The molecule has 2 aromatic carbocycles. The van der Waals surface area contributed by atoms with Gasteiger partial charge in [-0.05, 0) is 54.7 Å². The van der Waals surface area contributed by atoms with Crippen LogP contribution in [-0.4, -0.2) is 17.5 Å². The van der Waals surface area contributed by atoms with Gasteiger partial charge in [0.2, 0.25) is 0 Å². The first-order valence-corrected chi connectivity index (χ1v) is 10.5. The summed E-state index contributed by atoms with van der Waals surface area (Å²) in [6.07, 6.45) is 5.46. The first-order chi connectivity index (χ1) is 12.1. The second kappa shape index (κ2) is 10.1. The number of fused-ring (bicyclic) bond motifs is 1. The van der Waals surface area contributed by atoms with Crippen molar-refractivity contribution in [3.8, 4) is 11.5 Å². The number of ether oxygens (including phenoxy) is 2. The first-order valence-electron chi connectivity index (χ1n) is 9.63. The Hall–Kier alpha value is -1.22. The van der Waals surface area contributed by atoms with Crippen molar-refractivity contribution in [2.45, 2.75) is 70.7 Å². The minimum atomic E-state index is 0.199. The van der Waals surface area contributed by atoms with Crippen LogP contribution in [0.5, 0.6) is 11.5 Å². The van der Waals surface area contributed by atoms with Crippen molar-refractivity contribution in [3.05, 3.63) is 35.9 Å². The fraction of sp³-hybridized carbons (Fsp3) is 0.545. The minimum absolute atomic E-state index is 0.199. The lowest BCUT2D eigenvalue weighted by atomic mass is 10.0. The average Bonchev–Trinajstić information content (AvgIpc) is 2.65. The Kier molecular flexibility index (Phi) is 8.08. The second-order valence-corrected chi connectivity index (χ2v) is 7.65. The van der Waals surface area contributed by atoms with Crippen molar-refractivity contribution in [2.24, 2.45) is 0 Å². The smallest absolute Gasteiger partial charge is 0.123 e. The van der Waals surface area contributed by atoms with E-state index in [0.29, 0.717) is 4.83 Å². The molecule has 25 heavy (non-hydrogen) atoms. The van der Waals surface area contributed by atoms with E-state index in [9.17, 15) is 0 Å². The molecule has 0 saturated carbocycles. The summed E-state index contributed by atoms with van der Waals surface area (Å²) in [4.78, 5) is 0.382. The number of halogens is 1. The van der Waals surface area contributed by atoms with Gasteiger partial charge in [0.15, 0.2) is 0 Å². The summed E-state index contributed by atoms with van der Waals surface area (Å²) < 4.78 is 12.2. The van der Waals surface area contributed by atoms with Gasteiger partial charge in [0.25, 0.3) is 0 Å². The number of hydrogen-bond acceptors (Lipinski definition) is 2. The maximum absolute atomic E-state index is 6.38. The van der Waals surface area contributed by atoms with Gasteiger partial charge in [0.05, 0.1) is 11.4 Å². The van der Waals surface area contributed by atoms with Crippen LogP contribution in [0.3, 0.4) is 0 Å². The van der Waals surface area contributed by atoms with Gasteiger partial charge in [-0.25, -0.2) is 0 Å². The van der Waals surface area contributed by atoms with Crippen LogP contribution in [0.25, 0.3) is 10.8 Å². The quantitative estimate of drug-likeness (QED) is 0.315. The summed E-state index contributed by atoms with van der Waals surface area (Å²) in [6.45, 7) is 9.53. The van der Waals surface area contributed by atoms with Gasteiger partial charge in [-0.2, -0.15) is 0 Å². The van der Waals surface area contributed by atoms with E-state index in [1.165, 1.54) is 16.3 Å². The molecule has 138 valence electrons. The van der Waals surface area contributed by atoms with E-state index in [4.69, 9.17) is 9.47 Å². The zero-order valence-corrected chi connectivity index (χ0v) is 17.6. The molecule has 2 nitrogen and oxygen atoms in total. The maximum Gasteiger partial charge on any atom is 0.123 e. The molecule has 2 aromatic rings. The molecule has 0 aromatic heterocycles. The van der Waals surface area contributed by atoms with Crippen LogP contribution >= 0.6 is 15.9 Å². The zero-order valence-electron chi connectivity index (χ0n) is 16.0. The molecule has 2 atom stereocenters. The fourth-order valence-corrected chi connectivity index (χ4v) is 3.57. The fourth-order valence-electron chi connectivity index (χ4n) is 3.09. The van der Waals surface area contributed by atoms with Gasteiger partial charge in [0.1, 0.15) is 17.6 Å². The average molecular weight is 407 g/mol. The van der Waals surface area contributed by atoms with Gasteiger partial charge in [0, 0.05) is 5.56 Å². The van der Waals surface area contributed by atoms with Gasteiger partial charge >= 0.3 is 0 Å². The number of aryl methyl sites for hydroxylation is 1. The second-order valence-electron chi connectivity index (χ2n) is 6.47. The molecule has 0 aliphatic heterocycles. The highest BCUT2D eigenvalue weighted by molar-refractivity contribution is 9.09. The van der Waals surface area contributed by atoms with Crippen molar-refractivity contribution in [2.75, 3.05) is 6.61 Å². The molecule has 0 aliphatic rings. The molecule has 0 fully saturated rings. The van der Waals surface area contributed by atoms with E-state index in [2.05, 4.69) is 74.0 Å². The lowest BCUT2D eigenvalue weighted by Gasteiger charge is -2.24. The zero-order chi connectivity index (χ0) is 18.2. The van der Waals surface area contributed by atoms with E-state index < -0.39 is 0 Å². The predicted molar refractivity (Wildman–Crippen MR) is 111 cm³/mol. The molecule has 2 unspecified atom stereocenters. The van der Waals surface area contributed by atoms with Crippen molar-refractivity contribution < 1.29 is 9.47 Å². The minimum Gasteiger partial charge on any atom is -0.494 e. The van der Waals surface area contributed by atoms with Crippen LogP contribution in [0.1, 0.15) is 58.9 Å². The van der Waals surface area contributed by atoms with E-state index in [-0.39, 0.29) is 6.10 Å². The molecular formula is C22H31BrO2. The molecule has 0 heterocycles. The summed E-state index contributed by atoms with van der Waals surface area (Å²) in [7, 11) is 0.